The van der Waals surface area contributed by atoms with Crippen molar-refractivity contribution in [2.75, 3.05) is 0 Å². The summed E-state index contributed by atoms with van der Waals surface area (Å²) in [5, 5.41) is 6.75. The first-order chi connectivity index (χ1) is 34.2. The van der Waals surface area contributed by atoms with E-state index >= 15 is 0 Å². The van der Waals surface area contributed by atoms with Crippen molar-refractivity contribution < 1.29 is 8.83 Å². The Hall–Kier alpha value is -9.39. The maximum Gasteiger partial charge on any atom is 0.164 e. The fraction of sp³-hybridized carbons (Fsp3) is 0. The number of hydrogen-bond donors (Lipinski definition) is 0. The lowest BCUT2D eigenvalue weighted by atomic mass is 9.97. The van der Waals surface area contributed by atoms with Crippen LogP contribution in [0, 0.1) is 0 Å². The largest absolute Gasteiger partial charge is 0.456 e. The molecule has 0 N–H and O–H groups in total. The van der Waals surface area contributed by atoms with E-state index in [4.69, 9.17) is 23.8 Å². The van der Waals surface area contributed by atoms with E-state index in [0.29, 0.717) is 17.5 Å². The Labute approximate surface area is 396 Å². The van der Waals surface area contributed by atoms with Crippen molar-refractivity contribution >= 4 is 65.7 Å². The van der Waals surface area contributed by atoms with Crippen molar-refractivity contribution in [3.05, 3.63) is 231 Å². The van der Waals surface area contributed by atoms with Gasteiger partial charge in [-0.2, -0.15) is 0 Å². The van der Waals surface area contributed by atoms with Gasteiger partial charge >= 0.3 is 0 Å². The first kappa shape index (κ1) is 38.8. The quantitative estimate of drug-likeness (QED) is 0.159. The molecule has 0 bridgehead atoms. The van der Waals surface area contributed by atoms with Gasteiger partial charge in [-0.1, -0.05) is 170 Å². The number of benzene rings is 10. The lowest BCUT2D eigenvalue weighted by Crippen LogP contribution is -2.00. The first-order valence-electron chi connectivity index (χ1n) is 23.2. The molecule has 14 aromatic rings. The summed E-state index contributed by atoms with van der Waals surface area (Å²) >= 11 is 0. The van der Waals surface area contributed by atoms with Crippen LogP contribution in [0.25, 0.3) is 139 Å². The molecule has 0 saturated heterocycles. The van der Waals surface area contributed by atoms with E-state index in [-0.39, 0.29) is 0 Å². The van der Waals surface area contributed by atoms with Crippen molar-refractivity contribution in [3.63, 3.8) is 0 Å². The summed E-state index contributed by atoms with van der Waals surface area (Å²) < 4.78 is 15.4. The van der Waals surface area contributed by atoms with Crippen LogP contribution in [-0.2, 0) is 0 Å². The average molecular weight is 883 g/mol. The van der Waals surface area contributed by atoms with Gasteiger partial charge in [-0.3, -0.25) is 0 Å². The minimum atomic E-state index is 0.632. The minimum Gasteiger partial charge on any atom is -0.456 e. The number of rotatable bonds is 7. The molecule has 0 atom stereocenters. The molecule has 0 radical (unpaired) electrons. The second-order valence-electron chi connectivity index (χ2n) is 17.5. The molecule has 322 valence electrons. The highest BCUT2D eigenvalue weighted by Crippen LogP contribution is 2.44. The fourth-order valence-electron chi connectivity index (χ4n) is 10.2. The number of aromatic nitrogens is 4. The third-order valence-corrected chi connectivity index (χ3v) is 13.5. The van der Waals surface area contributed by atoms with Crippen LogP contribution >= 0.6 is 0 Å². The Morgan fingerprint density at radius 1 is 0.275 bits per heavy atom. The van der Waals surface area contributed by atoms with Crippen LogP contribution in [0.5, 0.6) is 0 Å². The summed E-state index contributed by atoms with van der Waals surface area (Å²) in [5.41, 5.74) is 16.2. The predicted octanol–water partition coefficient (Wildman–Crippen LogP) is 16.8. The van der Waals surface area contributed by atoms with E-state index in [1.807, 2.05) is 72.8 Å². The number of para-hydroxylation sites is 2. The molecule has 4 aromatic heterocycles. The SMILES string of the molecule is c1ccc(-c2nc(-c3ccccc3)nc(-c3cccc(-c4ccc(-c5ccc6c(c5)c5ccccc5n6-c5cccc6oc7cccc(-c8ccc9c(c8)oc8ccccc89)c7c56)cc4)c3)n2)cc1. The third-order valence-electron chi connectivity index (χ3n) is 13.5. The molecule has 10 aromatic carbocycles. The Morgan fingerprint density at radius 3 is 1.54 bits per heavy atom. The average Bonchev–Trinajstić information content (AvgIpc) is 4.11. The van der Waals surface area contributed by atoms with Gasteiger partial charge in [-0.25, -0.2) is 15.0 Å². The Kier molecular flexibility index (Phi) is 8.79. The van der Waals surface area contributed by atoms with E-state index < -0.39 is 0 Å². The third kappa shape index (κ3) is 6.45. The van der Waals surface area contributed by atoms with Crippen LogP contribution in [0.15, 0.2) is 239 Å². The fourth-order valence-corrected chi connectivity index (χ4v) is 10.2. The summed E-state index contributed by atoms with van der Waals surface area (Å²) in [7, 11) is 0. The maximum absolute atomic E-state index is 6.66. The lowest BCUT2D eigenvalue weighted by Gasteiger charge is -2.11. The Balaban J connectivity index is 0.843. The molecule has 6 nitrogen and oxygen atoms in total. The molecule has 0 saturated carbocycles. The lowest BCUT2D eigenvalue weighted by molar-refractivity contribution is 0.668. The molecule has 4 heterocycles. The monoisotopic (exact) mass is 882 g/mol. The van der Waals surface area contributed by atoms with E-state index in [0.717, 1.165) is 111 Å². The van der Waals surface area contributed by atoms with Gasteiger partial charge in [-0.05, 0) is 94.0 Å². The molecule has 6 heteroatoms. The molecule has 0 spiro atoms. The highest BCUT2D eigenvalue weighted by atomic mass is 16.3. The van der Waals surface area contributed by atoms with Gasteiger partial charge < -0.3 is 13.4 Å². The summed E-state index contributed by atoms with van der Waals surface area (Å²) in [6, 6.07) is 80.5. The molecular weight excluding hydrogens is 845 g/mol. The Bertz CT molecular complexity index is 4240. The van der Waals surface area contributed by atoms with E-state index in [1.54, 1.807) is 0 Å². The van der Waals surface area contributed by atoms with Gasteiger partial charge in [0.25, 0.3) is 0 Å². The van der Waals surface area contributed by atoms with Crippen molar-refractivity contribution in [1.82, 2.24) is 19.5 Å². The molecule has 0 aliphatic rings. The van der Waals surface area contributed by atoms with Crippen LogP contribution in [0.3, 0.4) is 0 Å². The van der Waals surface area contributed by atoms with Gasteiger partial charge in [0.1, 0.15) is 22.3 Å². The van der Waals surface area contributed by atoms with Gasteiger partial charge in [-0.15, -0.1) is 0 Å². The minimum absolute atomic E-state index is 0.632. The van der Waals surface area contributed by atoms with Crippen LogP contribution in [0.1, 0.15) is 0 Å². The van der Waals surface area contributed by atoms with Gasteiger partial charge in [0.05, 0.1) is 22.1 Å². The highest BCUT2D eigenvalue weighted by molar-refractivity contribution is 6.19. The number of nitrogens with zero attached hydrogens (tertiary/aromatic N) is 4. The standard InChI is InChI=1S/C63H38N4O2/c1-3-14-41(15-4-1)61-64-62(42-16-5-2-6-17-42)66-63(65-61)46-19-11-18-43(36-46)39-28-30-40(31-29-39)44-33-35-53-51(37-44)48-20-7-9-23-52(48)67(53)54-24-13-27-57-60(54)59-47(22-12-26-56(59)69-57)45-32-34-50-49-21-8-10-25-55(49)68-58(50)38-45/h1-38H. The second kappa shape index (κ2) is 15.6. The molecular formula is C63H38N4O2. The van der Waals surface area contributed by atoms with Crippen molar-refractivity contribution in [2.24, 2.45) is 0 Å². The molecule has 0 fully saturated rings. The smallest absolute Gasteiger partial charge is 0.164 e. The number of furan rings is 2. The molecule has 69 heavy (non-hydrogen) atoms. The molecule has 0 aliphatic carbocycles. The van der Waals surface area contributed by atoms with Crippen LogP contribution in [0.2, 0.25) is 0 Å². The van der Waals surface area contributed by atoms with E-state index in [2.05, 4.69) is 162 Å². The Morgan fingerprint density at radius 2 is 0.783 bits per heavy atom. The van der Waals surface area contributed by atoms with Crippen molar-refractivity contribution in [2.45, 2.75) is 0 Å². The van der Waals surface area contributed by atoms with E-state index in [1.165, 1.54) is 10.8 Å². The predicted molar refractivity (Wildman–Crippen MR) is 281 cm³/mol. The zero-order chi connectivity index (χ0) is 45.4. The maximum atomic E-state index is 6.66. The van der Waals surface area contributed by atoms with E-state index in [9.17, 15) is 0 Å². The first-order valence-corrected chi connectivity index (χ1v) is 23.2. The van der Waals surface area contributed by atoms with Crippen LogP contribution in [0.4, 0.5) is 0 Å². The zero-order valence-corrected chi connectivity index (χ0v) is 37.0. The second-order valence-corrected chi connectivity index (χ2v) is 17.5. The van der Waals surface area contributed by atoms with Gasteiger partial charge in [0.2, 0.25) is 0 Å². The summed E-state index contributed by atoms with van der Waals surface area (Å²) in [6.07, 6.45) is 0. The normalized spacial score (nSPS) is 11.8. The highest BCUT2D eigenvalue weighted by Gasteiger charge is 2.21. The summed E-state index contributed by atoms with van der Waals surface area (Å²) in [6.45, 7) is 0. The number of fused-ring (bicyclic) bond motifs is 9. The van der Waals surface area contributed by atoms with Crippen molar-refractivity contribution in [3.8, 4) is 73.2 Å². The van der Waals surface area contributed by atoms with Gasteiger partial charge in [0.15, 0.2) is 17.5 Å². The molecule has 0 amide bonds. The summed E-state index contributed by atoms with van der Waals surface area (Å²) in [4.78, 5) is 14.8. The molecule has 0 aliphatic heterocycles. The van der Waals surface area contributed by atoms with Crippen LogP contribution in [-0.4, -0.2) is 19.5 Å². The van der Waals surface area contributed by atoms with Gasteiger partial charge in [0, 0.05) is 43.6 Å². The molecule has 14 rings (SSSR count). The molecule has 0 unspecified atom stereocenters. The number of hydrogen-bond acceptors (Lipinski definition) is 5. The zero-order valence-electron chi connectivity index (χ0n) is 37.0. The van der Waals surface area contributed by atoms with Crippen molar-refractivity contribution in [1.29, 1.82) is 0 Å². The topological polar surface area (TPSA) is 69.9 Å². The summed E-state index contributed by atoms with van der Waals surface area (Å²) in [5.74, 6) is 1.92. The van der Waals surface area contributed by atoms with Crippen LogP contribution < -0.4 is 0 Å².